The molecule has 1 spiro atoms. The van der Waals surface area contributed by atoms with Crippen molar-refractivity contribution in [3.8, 4) is 0 Å². The van der Waals surface area contributed by atoms with E-state index in [1.165, 1.54) is 42.7 Å². The molecule has 1 aliphatic heterocycles. The Balaban J connectivity index is 1.80. The molecule has 0 radical (unpaired) electrons. The van der Waals surface area contributed by atoms with Crippen LogP contribution in [-0.4, -0.2) is 28.3 Å². The molecule has 1 aliphatic carbocycles. The van der Waals surface area contributed by atoms with E-state index in [1.54, 1.807) is 11.5 Å². The highest BCUT2D eigenvalue weighted by atomic mass is 32.1. The number of aromatic nitrogens is 2. The summed E-state index contributed by atoms with van der Waals surface area (Å²) in [7, 11) is 0. The fourth-order valence-corrected chi connectivity index (χ4v) is 5.02. The highest BCUT2D eigenvalue weighted by Crippen LogP contribution is 2.46. The zero-order chi connectivity index (χ0) is 14.7. The van der Waals surface area contributed by atoms with Gasteiger partial charge in [0, 0.05) is 12.6 Å². The van der Waals surface area contributed by atoms with Crippen molar-refractivity contribution in [3.05, 3.63) is 10.6 Å². The summed E-state index contributed by atoms with van der Waals surface area (Å²) in [6.07, 6.45) is 8.50. The molecule has 1 saturated heterocycles. The van der Waals surface area contributed by atoms with Crippen molar-refractivity contribution in [3.63, 3.8) is 0 Å². The Labute approximate surface area is 131 Å². The number of rotatable bonds is 5. The molecule has 1 aromatic rings. The molecule has 1 N–H and O–H groups in total. The van der Waals surface area contributed by atoms with E-state index < -0.39 is 0 Å². The predicted octanol–water partition coefficient (Wildman–Crippen LogP) is 3.49. The zero-order valence-electron chi connectivity index (χ0n) is 13.2. The van der Waals surface area contributed by atoms with Crippen molar-refractivity contribution in [1.82, 2.24) is 14.9 Å². The lowest BCUT2D eigenvalue weighted by Gasteiger charge is -2.41. The van der Waals surface area contributed by atoms with Crippen LogP contribution in [0.3, 0.4) is 0 Å². The summed E-state index contributed by atoms with van der Waals surface area (Å²) in [4.78, 5) is 1.36. The third-order valence-electron chi connectivity index (χ3n) is 5.14. The minimum atomic E-state index is 0.182. The van der Waals surface area contributed by atoms with E-state index in [4.69, 9.17) is 4.74 Å². The van der Waals surface area contributed by atoms with Gasteiger partial charge in [-0.25, -0.2) is 0 Å². The van der Waals surface area contributed by atoms with E-state index >= 15 is 0 Å². The highest BCUT2D eigenvalue weighted by molar-refractivity contribution is 7.05. The van der Waals surface area contributed by atoms with Crippen molar-refractivity contribution < 1.29 is 4.74 Å². The topological polar surface area (TPSA) is 47.0 Å². The first kappa shape index (κ1) is 15.4. The molecule has 2 fully saturated rings. The maximum absolute atomic E-state index is 6.20. The Hall–Kier alpha value is -0.520. The lowest BCUT2D eigenvalue weighted by atomic mass is 9.80. The Morgan fingerprint density at radius 1 is 1.38 bits per heavy atom. The van der Waals surface area contributed by atoms with Crippen LogP contribution >= 0.6 is 11.5 Å². The fraction of sp³-hybridized carbons (Fsp3) is 0.875. The van der Waals surface area contributed by atoms with Crippen LogP contribution < -0.4 is 5.32 Å². The first-order valence-electron chi connectivity index (χ1n) is 8.46. The summed E-state index contributed by atoms with van der Waals surface area (Å²) >= 11 is 1.58. The third kappa shape index (κ3) is 3.15. The smallest absolute Gasteiger partial charge is 0.0801 e. The molecule has 0 amide bonds. The lowest BCUT2D eigenvalue weighted by Crippen LogP contribution is -2.42. The zero-order valence-corrected chi connectivity index (χ0v) is 14.0. The van der Waals surface area contributed by atoms with Crippen LogP contribution in [-0.2, 0) is 11.2 Å². The van der Waals surface area contributed by atoms with Crippen LogP contribution in [0.25, 0.3) is 0 Å². The minimum Gasteiger partial charge on any atom is -0.375 e. The van der Waals surface area contributed by atoms with Crippen LogP contribution in [0.15, 0.2) is 0 Å². The van der Waals surface area contributed by atoms with Gasteiger partial charge >= 0.3 is 0 Å². The Morgan fingerprint density at radius 3 is 2.90 bits per heavy atom. The van der Waals surface area contributed by atoms with Gasteiger partial charge in [-0.1, -0.05) is 31.2 Å². The van der Waals surface area contributed by atoms with Crippen molar-refractivity contribution in [1.29, 1.82) is 0 Å². The van der Waals surface area contributed by atoms with Gasteiger partial charge in [0.1, 0.15) is 0 Å². The molecule has 0 aromatic carbocycles. The number of hydrogen-bond donors (Lipinski definition) is 1. The van der Waals surface area contributed by atoms with Crippen molar-refractivity contribution >= 4 is 11.5 Å². The average Bonchev–Trinajstić information content (AvgIpc) is 3.14. The van der Waals surface area contributed by atoms with Gasteiger partial charge in [-0.05, 0) is 56.1 Å². The Kier molecular flexibility index (Phi) is 4.92. The first-order valence-corrected chi connectivity index (χ1v) is 9.24. The van der Waals surface area contributed by atoms with Crippen LogP contribution in [0.2, 0.25) is 0 Å². The summed E-state index contributed by atoms with van der Waals surface area (Å²) in [6, 6.07) is 0.409. The third-order valence-corrected chi connectivity index (χ3v) is 5.99. The van der Waals surface area contributed by atoms with E-state index in [1.807, 2.05) is 0 Å². The summed E-state index contributed by atoms with van der Waals surface area (Å²) in [6.45, 7) is 6.28. The molecule has 118 valence electrons. The van der Waals surface area contributed by atoms with Gasteiger partial charge in [0.2, 0.25) is 0 Å². The summed E-state index contributed by atoms with van der Waals surface area (Å²) in [5, 5.41) is 8.03. The molecule has 5 heteroatoms. The second kappa shape index (κ2) is 6.71. The van der Waals surface area contributed by atoms with E-state index in [0.29, 0.717) is 12.0 Å². The molecule has 2 aliphatic rings. The molecule has 4 nitrogen and oxygen atoms in total. The van der Waals surface area contributed by atoms with Crippen molar-refractivity contribution in [2.75, 3.05) is 13.2 Å². The monoisotopic (exact) mass is 309 g/mol. The van der Waals surface area contributed by atoms with Crippen molar-refractivity contribution in [2.24, 2.45) is 5.92 Å². The van der Waals surface area contributed by atoms with Crippen LogP contribution in [0, 0.1) is 5.92 Å². The molecule has 2 unspecified atom stereocenters. The van der Waals surface area contributed by atoms with Gasteiger partial charge in [-0.15, -0.1) is 5.10 Å². The second-order valence-corrected chi connectivity index (χ2v) is 7.25. The summed E-state index contributed by atoms with van der Waals surface area (Å²) in [5.41, 5.74) is 1.36. The van der Waals surface area contributed by atoms with Gasteiger partial charge in [0.05, 0.1) is 16.2 Å². The summed E-state index contributed by atoms with van der Waals surface area (Å²) < 4.78 is 10.4. The molecule has 2 heterocycles. The van der Waals surface area contributed by atoms with Gasteiger partial charge < -0.3 is 10.1 Å². The van der Waals surface area contributed by atoms with Gasteiger partial charge in [-0.2, -0.15) is 0 Å². The summed E-state index contributed by atoms with van der Waals surface area (Å²) in [5.74, 6) is 0.657. The second-order valence-electron chi connectivity index (χ2n) is 6.46. The lowest BCUT2D eigenvalue weighted by molar-refractivity contribution is -0.0980. The molecular formula is C16H27N3OS. The molecule has 3 rings (SSSR count). The predicted molar refractivity (Wildman–Crippen MR) is 85.6 cm³/mol. The van der Waals surface area contributed by atoms with Crippen LogP contribution in [0.4, 0.5) is 0 Å². The molecule has 1 aromatic heterocycles. The number of nitrogens with zero attached hydrogens (tertiary/aromatic N) is 2. The number of ether oxygens (including phenoxy) is 1. The van der Waals surface area contributed by atoms with Crippen LogP contribution in [0.5, 0.6) is 0 Å². The van der Waals surface area contributed by atoms with E-state index in [0.717, 1.165) is 26.0 Å². The van der Waals surface area contributed by atoms with E-state index in [2.05, 4.69) is 28.8 Å². The quantitative estimate of drug-likeness (QED) is 0.904. The van der Waals surface area contributed by atoms with Crippen molar-refractivity contribution in [2.45, 2.75) is 70.4 Å². The number of aryl methyl sites for hydroxylation is 1. The maximum atomic E-state index is 6.20. The SMILES string of the molecule is CCNC(c1snnc1CC)C1CCOC2(CCCC2)C1. The molecule has 21 heavy (non-hydrogen) atoms. The number of hydrogen-bond acceptors (Lipinski definition) is 5. The van der Waals surface area contributed by atoms with Gasteiger partial charge in [0.15, 0.2) is 0 Å². The molecule has 2 atom stereocenters. The average molecular weight is 309 g/mol. The minimum absolute atomic E-state index is 0.182. The van der Waals surface area contributed by atoms with E-state index in [-0.39, 0.29) is 5.60 Å². The molecule has 1 saturated carbocycles. The largest absolute Gasteiger partial charge is 0.375 e. The molecular weight excluding hydrogens is 282 g/mol. The molecule has 0 bridgehead atoms. The van der Waals surface area contributed by atoms with Gasteiger partial charge in [-0.3, -0.25) is 0 Å². The normalized spacial score (nSPS) is 26.3. The van der Waals surface area contributed by atoms with Gasteiger partial charge in [0.25, 0.3) is 0 Å². The van der Waals surface area contributed by atoms with E-state index in [9.17, 15) is 0 Å². The van der Waals surface area contributed by atoms with Crippen LogP contribution in [0.1, 0.15) is 69.0 Å². The number of nitrogens with one attached hydrogen (secondary N) is 1. The first-order chi connectivity index (χ1) is 10.3. The Morgan fingerprint density at radius 2 is 2.19 bits per heavy atom. The standard InChI is InChI=1S/C16H27N3OS/c1-3-13-15(21-19-18-13)14(17-4-2)12-7-10-20-16(11-12)8-5-6-9-16/h12,14,17H,3-11H2,1-2H3. The Bertz CT molecular complexity index is 456. The maximum Gasteiger partial charge on any atom is 0.0801 e. The fourth-order valence-electron chi connectivity index (χ4n) is 4.11. The highest BCUT2D eigenvalue weighted by Gasteiger charge is 2.42.